The van der Waals surface area contributed by atoms with Crippen molar-refractivity contribution in [2.45, 2.75) is 6.54 Å². The lowest BCUT2D eigenvalue weighted by Gasteiger charge is -2.13. The monoisotopic (exact) mass is 458 g/mol. The second-order valence-electron chi connectivity index (χ2n) is 7.48. The normalized spacial score (nSPS) is 11.1. The van der Waals surface area contributed by atoms with E-state index in [-0.39, 0.29) is 18.1 Å². The number of nitrogens with zero attached hydrogens (tertiary/aromatic N) is 5. The van der Waals surface area contributed by atoms with Crippen molar-refractivity contribution in [3.63, 3.8) is 0 Å². The standard InChI is InChI=1S/C23H19ClN8O/c1-32-8-7-16(31-32)12-26-23(33)21-22(25)29-19(13-5-3-2-4-6-13)20(28-21)14-9-15-11-27-30-18(15)17(24)10-14/h2-11H,12H2,1H3,(H2,25,29)(H,26,33)(H,27,30). The summed E-state index contributed by atoms with van der Waals surface area (Å²) in [4.78, 5) is 22.2. The molecule has 3 aromatic heterocycles. The summed E-state index contributed by atoms with van der Waals surface area (Å²) in [6, 6.07) is 15.0. The molecule has 5 aromatic rings. The molecule has 0 saturated carbocycles. The van der Waals surface area contributed by atoms with Gasteiger partial charge >= 0.3 is 0 Å². The molecule has 5 rings (SSSR count). The van der Waals surface area contributed by atoms with Crippen molar-refractivity contribution in [3.05, 3.63) is 77.3 Å². The molecule has 0 spiro atoms. The van der Waals surface area contributed by atoms with E-state index in [2.05, 4.69) is 30.6 Å². The van der Waals surface area contributed by atoms with Gasteiger partial charge in [-0.2, -0.15) is 10.2 Å². The van der Waals surface area contributed by atoms with Gasteiger partial charge < -0.3 is 11.1 Å². The summed E-state index contributed by atoms with van der Waals surface area (Å²) in [5.74, 6) is -0.409. The van der Waals surface area contributed by atoms with E-state index in [1.54, 1.807) is 23.1 Å². The minimum atomic E-state index is -0.443. The van der Waals surface area contributed by atoms with Crippen molar-refractivity contribution < 1.29 is 4.79 Å². The first-order valence-corrected chi connectivity index (χ1v) is 10.5. The highest BCUT2D eigenvalue weighted by Gasteiger charge is 2.21. The van der Waals surface area contributed by atoms with Gasteiger partial charge in [-0.25, -0.2) is 9.97 Å². The van der Waals surface area contributed by atoms with Crippen LogP contribution < -0.4 is 11.1 Å². The predicted molar refractivity (Wildman–Crippen MR) is 126 cm³/mol. The Kier molecular flexibility index (Phi) is 5.23. The molecule has 0 aliphatic heterocycles. The zero-order valence-electron chi connectivity index (χ0n) is 17.6. The number of aromatic nitrogens is 6. The largest absolute Gasteiger partial charge is 0.382 e. The Labute approximate surface area is 193 Å². The van der Waals surface area contributed by atoms with Crippen LogP contribution >= 0.6 is 11.6 Å². The lowest BCUT2D eigenvalue weighted by Crippen LogP contribution is -2.26. The fourth-order valence-corrected chi connectivity index (χ4v) is 3.85. The van der Waals surface area contributed by atoms with Gasteiger partial charge in [0.15, 0.2) is 11.5 Å². The summed E-state index contributed by atoms with van der Waals surface area (Å²) in [6.45, 7) is 0.239. The van der Waals surface area contributed by atoms with E-state index in [0.717, 1.165) is 22.2 Å². The molecule has 0 radical (unpaired) electrons. The number of H-pyrrole nitrogens is 1. The first-order valence-electron chi connectivity index (χ1n) is 10.1. The molecule has 2 aromatic carbocycles. The molecule has 0 bridgehead atoms. The number of anilines is 1. The SMILES string of the molecule is Cn1ccc(CNC(=O)c2nc(-c3cc(Cl)c4[nH]ncc4c3)c(-c3ccccc3)nc2N)n1. The van der Waals surface area contributed by atoms with Crippen molar-refractivity contribution >= 4 is 34.2 Å². The lowest BCUT2D eigenvalue weighted by molar-refractivity contribution is 0.0946. The average molecular weight is 459 g/mol. The maximum absolute atomic E-state index is 12.9. The van der Waals surface area contributed by atoms with Crippen LogP contribution in [-0.4, -0.2) is 35.9 Å². The fraction of sp³-hybridized carbons (Fsp3) is 0.0870. The highest BCUT2D eigenvalue weighted by Crippen LogP contribution is 2.34. The number of hydrogen-bond donors (Lipinski definition) is 3. The molecule has 33 heavy (non-hydrogen) atoms. The zero-order chi connectivity index (χ0) is 22.9. The van der Waals surface area contributed by atoms with E-state index in [1.807, 2.05) is 49.5 Å². The van der Waals surface area contributed by atoms with Crippen molar-refractivity contribution in [3.8, 4) is 22.5 Å². The maximum Gasteiger partial charge on any atom is 0.274 e. The third-order valence-corrected chi connectivity index (χ3v) is 5.46. The average Bonchev–Trinajstić information content (AvgIpc) is 3.47. The lowest BCUT2D eigenvalue weighted by atomic mass is 10.0. The van der Waals surface area contributed by atoms with Gasteiger partial charge in [-0.1, -0.05) is 41.9 Å². The Morgan fingerprint density at radius 3 is 2.67 bits per heavy atom. The Morgan fingerprint density at radius 2 is 1.91 bits per heavy atom. The van der Waals surface area contributed by atoms with E-state index in [0.29, 0.717) is 22.0 Å². The maximum atomic E-state index is 12.9. The number of hydrogen-bond acceptors (Lipinski definition) is 6. The number of aryl methyl sites for hydroxylation is 1. The number of benzene rings is 2. The molecular formula is C23H19ClN8O. The number of aromatic amines is 1. The van der Waals surface area contributed by atoms with Crippen molar-refractivity contribution in [1.29, 1.82) is 0 Å². The van der Waals surface area contributed by atoms with Crippen LogP contribution in [0.5, 0.6) is 0 Å². The van der Waals surface area contributed by atoms with E-state index in [9.17, 15) is 4.79 Å². The summed E-state index contributed by atoms with van der Waals surface area (Å²) >= 11 is 6.47. The molecule has 10 heteroatoms. The summed E-state index contributed by atoms with van der Waals surface area (Å²) in [6.07, 6.45) is 3.48. The third-order valence-electron chi connectivity index (χ3n) is 5.16. The van der Waals surface area contributed by atoms with E-state index in [4.69, 9.17) is 17.3 Å². The summed E-state index contributed by atoms with van der Waals surface area (Å²) in [5, 5.41) is 15.3. The molecule has 9 nitrogen and oxygen atoms in total. The van der Waals surface area contributed by atoms with Gasteiger partial charge in [-0.05, 0) is 18.2 Å². The molecule has 3 heterocycles. The van der Waals surface area contributed by atoms with Crippen molar-refractivity contribution in [2.75, 3.05) is 5.73 Å². The van der Waals surface area contributed by atoms with Crippen LogP contribution in [0.1, 0.15) is 16.2 Å². The Morgan fingerprint density at radius 1 is 1.12 bits per heavy atom. The topological polar surface area (TPSA) is 127 Å². The van der Waals surface area contributed by atoms with Crippen molar-refractivity contribution in [2.24, 2.45) is 7.05 Å². The van der Waals surface area contributed by atoms with Gasteiger partial charge in [-0.15, -0.1) is 0 Å². The molecule has 0 aliphatic carbocycles. The van der Waals surface area contributed by atoms with Crippen LogP contribution in [0.15, 0.2) is 60.9 Å². The van der Waals surface area contributed by atoms with Crippen LogP contribution in [0, 0.1) is 0 Å². The minimum absolute atomic E-state index is 0.0315. The number of carbonyl (C=O) groups excluding carboxylic acids is 1. The summed E-state index contributed by atoms with van der Waals surface area (Å²) in [7, 11) is 1.81. The molecular weight excluding hydrogens is 440 g/mol. The quantitative estimate of drug-likeness (QED) is 0.369. The highest BCUT2D eigenvalue weighted by atomic mass is 35.5. The number of halogens is 1. The summed E-state index contributed by atoms with van der Waals surface area (Å²) in [5.41, 5.74) is 10.2. The minimum Gasteiger partial charge on any atom is -0.382 e. The number of fused-ring (bicyclic) bond motifs is 1. The van der Waals surface area contributed by atoms with Gasteiger partial charge in [0.25, 0.3) is 5.91 Å². The van der Waals surface area contributed by atoms with Crippen LogP contribution in [0.4, 0.5) is 5.82 Å². The van der Waals surface area contributed by atoms with E-state index in [1.165, 1.54) is 0 Å². The number of carbonyl (C=O) groups is 1. The first-order chi connectivity index (χ1) is 16.0. The van der Waals surface area contributed by atoms with Crippen LogP contribution in [0.2, 0.25) is 5.02 Å². The fourth-order valence-electron chi connectivity index (χ4n) is 3.58. The second kappa shape index (κ2) is 8.36. The molecule has 0 unspecified atom stereocenters. The highest BCUT2D eigenvalue weighted by molar-refractivity contribution is 6.35. The van der Waals surface area contributed by atoms with Crippen molar-refractivity contribution in [1.82, 2.24) is 35.3 Å². The number of nitrogens with two attached hydrogens (primary N) is 1. The smallest absolute Gasteiger partial charge is 0.274 e. The number of rotatable bonds is 5. The van der Waals surface area contributed by atoms with Gasteiger partial charge in [0, 0.05) is 29.8 Å². The predicted octanol–water partition coefficient (Wildman–Crippen LogP) is 3.59. The number of nitrogens with one attached hydrogen (secondary N) is 2. The molecule has 1 amide bonds. The molecule has 164 valence electrons. The van der Waals surface area contributed by atoms with Gasteiger partial charge in [0.1, 0.15) is 0 Å². The van der Waals surface area contributed by atoms with Crippen LogP contribution in [-0.2, 0) is 13.6 Å². The molecule has 0 saturated heterocycles. The van der Waals surface area contributed by atoms with Crippen LogP contribution in [0.25, 0.3) is 33.4 Å². The van der Waals surface area contributed by atoms with E-state index >= 15 is 0 Å². The van der Waals surface area contributed by atoms with Gasteiger partial charge in [0.05, 0.1) is 40.4 Å². The molecule has 0 fully saturated rings. The molecule has 0 aliphatic rings. The Hall–Kier alpha value is -4.24. The molecule has 4 N–H and O–H groups in total. The number of nitrogen functional groups attached to an aromatic ring is 1. The van der Waals surface area contributed by atoms with E-state index < -0.39 is 5.91 Å². The summed E-state index contributed by atoms with van der Waals surface area (Å²) < 4.78 is 1.66. The first kappa shape index (κ1) is 20.7. The Bertz CT molecular complexity index is 1470. The Balaban J connectivity index is 1.60. The van der Waals surface area contributed by atoms with Gasteiger partial charge in [-0.3, -0.25) is 14.6 Å². The van der Waals surface area contributed by atoms with Crippen LogP contribution in [0.3, 0.4) is 0 Å². The number of amides is 1. The third kappa shape index (κ3) is 4.01. The molecule has 0 atom stereocenters. The van der Waals surface area contributed by atoms with Gasteiger partial charge in [0.2, 0.25) is 0 Å². The second-order valence-corrected chi connectivity index (χ2v) is 7.88. The zero-order valence-corrected chi connectivity index (χ0v) is 18.3.